The Morgan fingerprint density at radius 2 is 1.75 bits per heavy atom. The second-order valence-corrected chi connectivity index (χ2v) is 6.29. The molecule has 2 rings (SSSR count). The monoisotopic (exact) mass is 328 g/mol. The van der Waals surface area contributed by atoms with E-state index in [-0.39, 0.29) is 17.8 Å². The molecule has 2 aromatic carbocycles. The molecule has 0 heterocycles. The summed E-state index contributed by atoms with van der Waals surface area (Å²) in [5, 5.41) is 3.04. The Morgan fingerprint density at radius 1 is 1.08 bits per heavy atom. The Morgan fingerprint density at radius 3 is 2.42 bits per heavy atom. The number of aryl methyl sites for hydroxylation is 1. The quantitative estimate of drug-likeness (QED) is 0.805. The van der Waals surface area contributed by atoms with Crippen LogP contribution in [-0.2, 0) is 17.8 Å². The minimum atomic E-state index is -0.244. The van der Waals surface area contributed by atoms with E-state index >= 15 is 0 Å². The summed E-state index contributed by atoms with van der Waals surface area (Å²) in [7, 11) is 1.89. The highest BCUT2D eigenvalue weighted by Gasteiger charge is 2.10. The Labute approximate surface area is 143 Å². The topological polar surface area (TPSA) is 32.3 Å². The van der Waals surface area contributed by atoms with Gasteiger partial charge in [-0.25, -0.2) is 4.39 Å². The van der Waals surface area contributed by atoms with Gasteiger partial charge in [0, 0.05) is 12.6 Å². The summed E-state index contributed by atoms with van der Waals surface area (Å²) in [5.41, 5.74) is 2.27. The fourth-order valence-corrected chi connectivity index (χ4v) is 2.62. The third-order valence-electron chi connectivity index (χ3n) is 3.90. The zero-order chi connectivity index (χ0) is 17.4. The Kier molecular flexibility index (Phi) is 6.94. The van der Waals surface area contributed by atoms with E-state index < -0.39 is 0 Å². The second-order valence-electron chi connectivity index (χ2n) is 6.29. The van der Waals surface area contributed by atoms with Gasteiger partial charge in [-0.15, -0.1) is 0 Å². The first-order valence-electron chi connectivity index (χ1n) is 8.29. The van der Waals surface area contributed by atoms with Gasteiger partial charge in [0.1, 0.15) is 5.82 Å². The molecule has 1 N–H and O–H groups in total. The molecule has 3 nitrogen and oxygen atoms in total. The van der Waals surface area contributed by atoms with Crippen molar-refractivity contribution in [2.75, 3.05) is 13.6 Å². The number of carbonyl (C=O) groups excluding carboxylic acids is 1. The van der Waals surface area contributed by atoms with Crippen molar-refractivity contribution >= 4 is 5.91 Å². The number of likely N-dealkylation sites (N-methyl/N-ethyl adjacent to an activating group) is 1. The fourth-order valence-electron chi connectivity index (χ4n) is 2.62. The molecule has 0 unspecified atom stereocenters. The summed E-state index contributed by atoms with van der Waals surface area (Å²) < 4.78 is 12.9. The van der Waals surface area contributed by atoms with Gasteiger partial charge in [0.15, 0.2) is 0 Å². The van der Waals surface area contributed by atoms with Gasteiger partial charge in [0.05, 0.1) is 6.54 Å². The van der Waals surface area contributed by atoms with Crippen molar-refractivity contribution in [2.45, 2.75) is 32.4 Å². The maximum Gasteiger partial charge on any atom is 0.234 e. The second kappa shape index (κ2) is 9.18. The first-order valence-corrected chi connectivity index (χ1v) is 8.29. The summed E-state index contributed by atoms with van der Waals surface area (Å²) >= 11 is 0. The number of nitrogens with zero attached hydrogens (tertiary/aromatic N) is 1. The Bertz CT molecular complexity index is 628. The van der Waals surface area contributed by atoms with Crippen LogP contribution in [-0.4, -0.2) is 30.4 Å². The molecule has 128 valence electrons. The number of benzene rings is 2. The van der Waals surface area contributed by atoms with Crippen molar-refractivity contribution in [3.05, 3.63) is 71.5 Å². The van der Waals surface area contributed by atoms with Gasteiger partial charge in [0.25, 0.3) is 0 Å². The number of rotatable bonds is 8. The number of halogens is 1. The van der Waals surface area contributed by atoms with Crippen LogP contribution in [0.4, 0.5) is 4.39 Å². The van der Waals surface area contributed by atoms with E-state index in [1.54, 1.807) is 12.1 Å². The highest BCUT2D eigenvalue weighted by atomic mass is 19.1. The molecular weight excluding hydrogens is 303 g/mol. The van der Waals surface area contributed by atoms with E-state index in [1.165, 1.54) is 17.7 Å². The van der Waals surface area contributed by atoms with Crippen LogP contribution in [0, 0.1) is 5.82 Å². The summed E-state index contributed by atoms with van der Waals surface area (Å²) in [6, 6.07) is 16.8. The largest absolute Gasteiger partial charge is 0.353 e. The predicted molar refractivity (Wildman–Crippen MR) is 95.1 cm³/mol. The first kappa shape index (κ1) is 18.1. The highest BCUT2D eigenvalue weighted by Crippen LogP contribution is 2.06. The molecule has 1 atom stereocenters. The minimum Gasteiger partial charge on any atom is -0.353 e. The maximum atomic E-state index is 12.9. The van der Waals surface area contributed by atoms with Crippen molar-refractivity contribution in [1.29, 1.82) is 0 Å². The summed E-state index contributed by atoms with van der Waals surface area (Å²) in [6.45, 7) is 2.97. The van der Waals surface area contributed by atoms with Crippen LogP contribution < -0.4 is 5.32 Å². The lowest BCUT2D eigenvalue weighted by atomic mass is 10.1. The maximum absolute atomic E-state index is 12.9. The van der Waals surface area contributed by atoms with E-state index in [4.69, 9.17) is 0 Å². The molecule has 0 spiro atoms. The SMILES string of the molecule is C[C@H](CCc1ccccc1)NC(=O)CN(C)Cc1ccc(F)cc1. The lowest BCUT2D eigenvalue weighted by molar-refractivity contribution is -0.122. The van der Waals surface area contributed by atoms with Crippen LogP contribution in [0.3, 0.4) is 0 Å². The van der Waals surface area contributed by atoms with Gasteiger partial charge in [-0.3, -0.25) is 9.69 Å². The van der Waals surface area contributed by atoms with Crippen LogP contribution >= 0.6 is 0 Å². The average molecular weight is 328 g/mol. The standard InChI is InChI=1S/C20H25FN2O/c1-16(8-9-17-6-4-3-5-7-17)22-20(24)15-23(2)14-18-10-12-19(21)13-11-18/h3-7,10-13,16H,8-9,14-15H2,1-2H3,(H,22,24)/t16-/m1/s1. The van der Waals surface area contributed by atoms with Gasteiger partial charge >= 0.3 is 0 Å². The van der Waals surface area contributed by atoms with E-state index in [0.717, 1.165) is 18.4 Å². The molecule has 0 aliphatic carbocycles. The molecule has 0 aliphatic rings. The molecule has 0 radical (unpaired) electrons. The van der Waals surface area contributed by atoms with Crippen molar-refractivity contribution in [3.63, 3.8) is 0 Å². The van der Waals surface area contributed by atoms with Crippen LogP contribution in [0.25, 0.3) is 0 Å². The first-order chi connectivity index (χ1) is 11.5. The molecule has 24 heavy (non-hydrogen) atoms. The van der Waals surface area contributed by atoms with E-state index in [2.05, 4.69) is 17.4 Å². The minimum absolute atomic E-state index is 0.0140. The van der Waals surface area contributed by atoms with Gasteiger partial charge < -0.3 is 5.32 Å². The number of hydrogen-bond acceptors (Lipinski definition) is 2. The Hall–Kier alpha value is -2.20. The molecule has 0 saturated carbocycles. The molecule has 0 saturated heterocycles. The molecule has 2 aromatic rings. The fraction of sp³-hybridized carbons (Fsp3) is 0.350. The molecule has 4 heteroatoms. The predicted octanol–water partition coefficient (Wildman–Crippen LogP) is 3.40. The molecule has 0 bridgehead atoms. The van der Waals surface area contributed by atoms with Gasteiger partial charge in [-0.2, -0.15) is 0 Å². The Balaban J connectivity index is 1.70. The van der Waals surface area contributed by atoms with Crippen molar-refractivity contribution < 1.29 is 9.18 Å². The lowest BCUT2D eigenvalue weighted by Crippen LogP contribution is -2.39. The van der Waals surface area contributed by atoms with Gasteiger partial charge in [0.2, 0.25) is 5.91 Å². The third kappa shape index (κ3) is 6.50. The molecule has 1 amide bonds. The number of hydrogen-bond donors (Lipinski definition) is 1. The lowest BCUT2D eigenvalue weighted by Gasteiger charge is -2.19. The van der Waals surface area contributed by atoms with E-state index in [0.29, 0.717) is 13.1 Å². The van der Waals surface area contributed by atoms with Crippen LogP contribution in [0.15, 0.2) is 54.6 Å². The highest BCUT2D eigenvalue weighted by molar-refractivity contribution is 5.78. The summed E-state index contributed by atoms with van der Waals surface area (Å²) in [4.78, 5) is 14.0. The zero-order valence-electron chi connectivity index (χ0n) is 14.3. The summed E-state index contributed by atoms with van der Waals surface area (Å²) in [6.07, 6.45) is 1.87. The molecule has 0 aliphatic heterocycles. The van der Waals surface area contributed by atoms with Crippen molar-refractivity contribution in [1.82, 2.24) is 10.2 Å². The van der Waals surface area contributed by atoms with Gasteiger partial charge in [-0.05, 0) is 50.1 Å². The average Bonchev–Trinajstić information content (AvgIpc) is 2.56. The number of nitrogens with one attached hydrogen (secondary N) is 1. The van der Waals surface area contributed by atoms with Crippen LogP contribution in [0.1, 0.15) is 24.5 Å². The van der Waals surface area contributed by atoms with Crippen molar-refractivity contribution in [2.24, 2.45) is 0 Å². The molecule has 0 aromatic heterocycles. The molecule has 0 fully saturated rings. The van der Waals surface area contributed by atoms with Gasteiger partial charge in [-0.1, -0.05) is 42.5 Å². The molecular formula is C20H25FN2O. The zero-order valence-corrected chi connectivity index (χ0v) is 14.3. The number of carbonyl (C=O) groups is 1. The van der Waals surface area contributed by atoms with E-state index in [9.17, 15) is 9.18 Å². The van der Waals surface area contributed by atoms with Crippen LogP contribution in [0.2, 0.25) is 0 Å². The normalized spacial score (nSPS) is 12.2. The summed E-state index contributed by atoms with van der Waals surface area (Å²) in [5.74, 6) is -0.230. The van der Waals surface area contributed by atoms with Crippen molar-refractivity contribution in [3.8, 4) is 0 Å². The number of amides is 1. The third-order valence-corrected chi connectivity index (χ3v) is 3.90. The smallest absolute Gasteiger partial charge is 0.234 e. The van der Waals surface area contributed by atoms with E-state index in [1.807, 2.05) is 37.1 Å². The van der Waals surface area contributed by atoms with Crippen LogP contribution in [0.5, 0.6) is 0 Å².